The van der Waals surface area contributed by atoms with Crippen LogP contribution in [0.15, 0.2) is 30.9 Å². The standard InChI is InChI=1S/C17H22F2N4OS/c1-16(24,14-4-3-12(18)9-15(14)19)17(2,23-11-21-10-22-23)25-13-5-7-20-8-6-13/h3-4,9-11,13,20,24H,5-8H2,1-2H3/t16-,17-/m1/s1. The Hall–Kier alpha value is -1.51. The summed E-state index contributed by atoms with van der Waals surface area (Å²) in [5, 5.41) is 19.2. The highest BCUT2D eigenvalue weighted by Gasteiger charge is 2.50. The molecule has 1 saturated heterocycles. The molecule has 0 aliphatic carbocycles. The second-order valence-corrected chi connectivity index (χ2v) is 8.28. The Kier molecular flexibility index (Phi) is 5.13. The third-order valence-corrected chi connectivity index (χ3v) is 6.75. The number of nitrogens with one attached hydrogen (secondary N) is 1. The molecule has 0 spiro atoms. The maximum atomic E-state index is 14.4. The van der Waals surface area contributed by atoms with E-state index in [1.54, 1.807) is 23.4 Å². The number of nitrogens with zero attached hydrogens (tertiary/aromatic N) is 3. The number of rotatable bonds is 5. The molecule has 1 aliphatic rings. The first kappa shape index (κ1) is 18.3. The number of aliphatic hydroxyl groups is 1. The van der Waals surface area contributed by atoms with Crippen molar-refractivity contribution < 1.29 is 13.9 Å². The van der Waals surface area contributed by atoms with Crippen molar-refractivity contribution in [1.82, 2.24) is 20.1 Å². The number of halogens is 2. The highest BCUT2D eigenvalue weighted by Crippen LogP contribution is 2.49. The first-order valence-corrected chi connectivity index (χ1v) is 9.14. The van der Waals surface area contributed by atoms with Crippen molar-refractivity contribution in [1.29, 1.82) is 0 Å². The Morgan fingerprint density at radius 2 is 2.00 bits per heavy atom. The van der Waals surface area contributed by atoms with E-state index in [0.717, 1.165) is 38.1 Å². The van der Waals surface area contributed by atoms with Crippen LogP contribution < -0.4 is 5.32 Å². The molecule has 2 heterocycles. The van der Waals surface area contributed by atoms with Gasteiger partial charge in [0.1, 0.15) is 34.8 Å². The number of hydrogen-bond donors (Lipinski definition) is 2. The zero-order chi connectivity index (χ0) is 18.1. The fraction of sp³-hybridized carbons (Fsp3) is 0.529. The first-order valence-electron chi connectivity index (χ1n) is 8.26. The van der Waals surface area contributed by atoms with Gasteiger partial charge in [0, 0.05) is 16.9 Å². The lowest BCUT2D eigenvalue weighted by molar-refractivity contribution is -0.0190. The van der Waals surface area contributed by atoms with Crippen LogP contribution in [0.5, 0.6) is 0 Å². The molecule has 0 radical (unpaired) electrons. The van der Waals surface area contributed by atoms with E-state index in [4.69, 9.17) is 0 Å². The maximum Gasteiger partial charge on any atom is 0.140 e. The summed E-state index contributed by atoms with van der Waals surface area (Å²) in [5.41, 5.74) is -1.60. The fourth-order valence-electron chi connectivity index (χ4n) is 3.19. The third-order valence-electron chi connectivity index (χ3n) is 4.90. The number of thioether (sulfide) groups is 1. The normalized spacial score (nSPS) is 20.8. The van der Waals surface area contributed by atoms with Gasteiger partial charge in [-0.25, -0.2) is 18.4 Å². The topological polar surface area (TPSA) is 63.0 Å². The van der Waals surface area contributed by atoms with Gasteiger partial charge in [-0.3, -0.25) is 0 Å². The van der Waals surface area contributed by atoms with Crippen LogP contribution in [0.3, 0.4) is 0 Å². The highest BCUT2D eigenvalue weighted by molar-refractivity contribution is 8.00. The van der Waals surface area contributed by atoms with Crippen LogP contribution in [0.1, 0.15) is 32.3 Å². The van der Waals surface area contributed by atoms with Gasteiger partial charge in [-0.15, -0.1) is 11.8 Å². The molecule has 0 unspecified atom stereocenters. The minimum absolute atomic E-state index is 0.0355. The minimum Gasteiger partial charge on any atom is -0.382 e. The van der Waals surface area contributed by atoms with Crippen LogP contribution in [0.4, 0.5) is 8.78 Å². The van der Waals surface area contributed by atoms with Crippen LogP contribution in [0, 0.1) is 11.6 Å². The molecule has 5 nitrogen and oxygen atoms in total. The molecular weight excluding hydrogens is 346 g/mol. The minimum atomic E-state index is -1.63. The molecule has 1 aromatic heterocycles. The van der Waals surface area contributed by atoms with Crippen molar-refractivity contribution in [3.8, 4) is 0 Å². The Labute approximate surface area is 149 Å². The first-order chi connectivity index (χ1) is 11.8. The van der Waals surface area contributed by atoms with Crippen molar-refractivity contribution in [3.05, 3.63) is 48.1 Å². The van der Waals surface area contributed by atoms with Crippen LogP contribution in [0.25, 0.3) is 0 Å². The summed E-state index contributed by atoms with van der Waals surface area (Å²) in [6, 6.07) is 3.24. The maximum absolute atomic E-state index is 14.4. The molecule has 1 fully saturated rings. The molecule has 0 bridgehead atoms. The van der Waals surface area contributed by atoms with Gasteiger partial charge >= 0.3 is 0 Å². The molecule has 0 amide bonds. The van der Waals surface area contributed by atoms with Gasteiger partial charge in [-0.1, -0.05) is 6.07 Å². The van der Waals surface area contributed by atoms with Crippen LogP contribution in [-0.4, -0.2) is 38.2 Å². The second kappa shape index (κ2) is 7.01. The quantitative estimate of drug-likeness (QED) is 0.850. The van der Waals surface area contributed by atoms with Gasteiger partial charge in [0.05, 0.1) is 0 Å². The lowest BCUT2D eigenvalue weighted by Gasteiger charge is -2.44. The van der Waals surface area contributed by atoms with Gasteiger partial charge in [-0.2, -0.15) is 5.10 Å². The summed E-state index contributed by atoms with van der Waals surface area (Å²) in [6.45, 7) is 5.16. The summed E-state index contributed by atoms with van der Waals surface area (Å²) in [4.78, 5) is 2.98. The molecule has 0 saturated carbocycles. The molecule has 1 aliphatic heterocycles. The smallest absolute Gasteiger partial charge is 0.140 e. The zero-order valence-electron chi connectivity index (χ0n) is 14.2. The lowest BCUT2D eigenvalue weighted by Crippen LogP contribution is -2.49. The summed E-state index contributed by atoms with van der Waals surface area (Å²) >= 11 is 1.55. The number of piperidine rings is 1. The van der Waals surface area contributed by atoms with E-state index in [9.17, 15) is 13.9 Å². The van der Waals surface area contributed by atoms with E-state index in [1.165, 1.54) is 18.7 Å². The van der Waals surface area contributed by atoms with Gasteiger partial charge in [-0.05, 0) is 45.8 Å². The van der Waals surface area contributed by atoms with Crippen molar-refractivity contribution in [2.24, 2.45) is 0 Å². The van der Waals surface area contributed by atoms with Gasteiger partial charge in [0.25, 0.3) is 0 Å². The largest absolute Gasteiger partial charge is 0.382 e. The Bertz CT molecular complexity index is 719. The van der Waals surface area contributed by atoms with E-state index in [1.807, 2.05) is 6.92 Å². The van der Waals surface area contributed by atoms with Gasteiger partial charge in [0.15, 0.2) is 0 Å². The summed E-state index contributed by atoms with van der Waals surface area (Å²) in [6.07, 6.45) is 4.79. The molecule has 2 N–H and O–H groups in total. The van der Waals surface area contributed by atoms with E-state index in [2.05, 4.69) is 15.4 Å². The van der Waals surface area contributed by atoms with Gasteiger partial charge < -0.3 is 10.4 Å². The van der Waals surface area contributed by atoms with Crippen molar-refractivity contribution in [2.75, 3.05) is 13.1 Å². The fourth-order valence-corrected chi connectivity index (χ4v) is 4.85. The average molecular weight is 368 g/mol. The predicted molar refractivity (Wildman–Crippen MR) is 93.1 cm³/mol. The third kappa shape index (κ3) is 3.43. The predicted octanol–water partition coefficient (Wildman–Crippen LogP) is 2.62. The van der Waals surface area contributed by atoms with Crippen molar-refractivity contribution in [3.63, 3.8) is 0 Å². The van der Waals surface area contributed by atoms with Crippen LogP contribution in [0.2, 0.25) is 0 Å². The van der Waals surface area contributed by atoms with Crippen molar-refractivity contribution in [2.45, 2.75) is 42.4 Å². The monoisotopic (exact) mass is 368 g/mol. The van der Waals surface area contributed by atoms with Crippen LogP contribution in [-0.2, 0) is 10.5 Å². The van der Waals surface area contributed by atoms with E-state index < -0.39 is 22.1 Å². The Morgan fingerprint density at radius 1 is 1.28 bits per heavy atom. The van der Waals surface area contributed by atoms with E-state index >= 15 is 0 Å². The molecule has 1 aromatic carbocycles. The summed E-state index contributed by atoms with van der Waals surface area (Å²) < 4.78 is 29.3. The van der Waals surface area contributed by atoms with Crippen molar-refractivity contribution >= 4 is 11.8 Å². The van der Waals surface area contributed by atoms with E-state index in [0.29, 0.717) is 0 Å². The molecule has 8 heteroatoms. The summed E-state index contributed by atoms with van der Waals surface area (Å²) in [5.74, 6) is -1.45. The van der Waals surface area contributed by atoms with Crippen LogP contribution >= 0.6 is 11.8 Å². The zero-order valence-corrected chi connectivity index (χ0v) is 15.1. The molecule has 2 atom stereocenters. The average Bonchev–Trinajstić information content (AvgIpc) is 3.10. The Balaban J connectivity index is 2.03. The molecule has 3 rings (SSSR count). The summed E-state index contributed by atoms with van der Waals surface area (Å²) in [7, 11) is 0. The van der Waals surface area contributed by atoms with E-state index in [-0.39, 0.29) is 10.8 Å². The Morgan fingerprint density at radius 3 is 2.60 bits per heavy atom. The molecule has 136 valence electrons. The highest BCUT2D eigenvalue weighted by atomic mass is 32.2. The second-order valence-electron chi connectivity index (χ2n) is 6.59. The molecular formula is C17H22F2N4OS. The lowest BCUT2D eigenvalue weighted by atomic mass is 9.88. The molecule has 2 aromatic rings. The number of hydrogen-bond acceptors (Lipinski definition) is 5. The number of benzene rings is 1. The SMILES string of the molecule is C[C@](SC1CCNCC1)(n1cncn1)[C@](C)(O)c1ccc(F)cc1F. The molecule has 25 heavy (non-hydrogen) atoms. The number of aromatic nitrogens is 3. The van der Waals surface area contributed by atoms with Gasteiger partial charge in [0.2, 0.25) is 0 Å².